The molecule has 8 heteroatoms. The molecule has 244 valence electrons. The highest BCUT2D eigenvalue weighted by Crippen LogP contribution is 2.43. The summed E-state index contributed by atoms with van der Waals surface area (Å²) in [5.74, 6) is 1.36. The van der Waals surface area contributed by atoms with Crippen LogP contribution in [-0.2, 0) is 22.5 Å². The van der Waals surface area contributed by atoms with Gasteiger partial charge in [-0.2, -0.15) is 0 Å². The van der Waals surface area contributed by atoms with Crippen LogP contribution in [0.5, 0.6) is 0 Å². The van der Waals surface area contributed by atoms with Crippen molar-refractivity contribution in [2.45, 2.75) is 38.5 Å². The maximum absolute atomic E-state index is 10.8. The number of imidazole rings is 1. The van der Waals surface area contributed by atoms with E-state index in [0.29, 0.717) is 18.1 Å². The molecule has 7 aromatic rings. The van der Waals surface area contributed by atoms with Crippen molar-refractivity contribution in [1.82, 2.24) is 29.8 Å². The lowest BCUT2D eigenvalue weighted by molar-refractivity contribution is 0.0731. The van der Waals surface area contributed by atoms with Gasteiger partial charge in [-0.15, -0.1) is 5.10 Å². The Labute approximate surface area is 286 Å². The van der Waals surface area contributed by atoms with Crippen LogP contribution in [0.25, 0.3) is 28.2 Å². The highest BCUT2D eigenvalue weighted by molar-refractivity contribution is 5.81. The van der Waals surface area contributed by atoms with E-state index in [0.717, 1.165) is 50.6 Å². The molecular weight excluding hydrogens is 608 g/mol. The van der Waals surface area contributed by atoms with Crippen molar-refractivity contribution >= 4 is 0 Å². The summed E-state index contributed by atoms with van der Waals surface area (Å²) in [4.78, 5) is 4.75. The predicted octanol–water partition coefficient (Wildman–Crippen LogP) is 7.72. The largest absolute Gasteiger partial charge is 0.384 e. The SMILES string of the molecule is COCc1nc(C(C)(C)O)c(C)n1-c1ccc(-c2ccccc2-c2nnnn2C(c2ccccc2)(c2ccccc2)c2ccccc2)cc1. The number of ether oxygens (including phenoxy) is 1. The van der Waals surface area contributed by atoms with Gasteiger partial charge in [0.2, 0.25) is 0 Å². The lowest BCUT2D eigenvalue weighted by Crippen LogP contribution is -2.39. The van der Waals surface area contributed by atoms with E-state index in [9.17, 15) is 5.11 Å². The highest BCUT2D eigenvalue weighted by Gasteiger charge is 2.42. The fourth-order valence-corrected chi connectivity index (χ4v) is 6.91. The minimum atomic E-state index is -1.09. The smallest absolute Gasteiger partial charge is 0.184 e. The van der Waals surface area contributed by atoms with Gasteiger partial charge in [0.1, 0.15) is 23.6 Å². The molecule has 7 rings (SSSR count). The lowest BCUT2D eigenvalue weighted by Gasteiger charge is -2.36. The molecule has 2 aromatic heterocycles. The Morgan fingerprint density at radius 3 is 1.69 bits per heavy atom. The van der Waals surface area contributed by atoms with Crippen LogP contribution in [0.15, 0.2) is 140 Å². The van der Waals surface area contributed by atoms with Crippen LogP contribution >= 0.6 is 0 Å². The molecule has 2 heterocycles. The molecule has 0 saturated heterocycles. The standard InChI is InChI=1S/C41H38N6O2/c1-29-38(40(2,3)48)42-37(28-49-4)46(29)34-26-24-30(25-27-34)35-22-14-15-23-36(35)39-43-44-45-47(39)41(31-16-8-5-9-17-31,32-18-10-6-11-19-32)33-20-12-7-13-21-33/h5-27,48H,28H2,1-4H3. The summed E-state index contributed by atoms with van der Waals surface area (Å²) in [6.07, 6.45) is 0. The maximum Gasteiger partial charge on any atom is 0.184 e. The first-order valence-corrected chi connectivity index (χ1v) is 16.3. The first kappa shape index (κ1) is 31.9. The Bertz CT molecular complexity index is 2070. The van der Waals surface area contributed by atoms with Crippen LogP contribution in [0.1, 0.15) is 47.8 Å². The third kappa shape index (κ3) is 5.65. The predicted molar refractivity (Wildman–Crippen MR) is 191 cm³/mol. The number of nitrogens with zero attached hydrogens (tertiary/aromatic N) is 6. The number of tetrazole rings is 1. The van der Waals surface area contributed by atoms with Gasteiger partial charge in [-0.05, 0) is 71.1 Å². The normalized spacial score (nSPS) is 11.9. The number of aliphatic hydroxyl groups is 1. The lowest BCUT2D eigenvalue weighted by atomic mass is 9.77. The van der Waals surface area contributed by atoms with Gasteiger partial charge in [0.05, 0.1) is 5.69 Å². The molecule has 1 N–H and O–H groups in total. The van der Waals surface area contributed by atoms with Crippen LogP contribution in [-0.4, -0.2) is 42.0 Å². The molecular formula is C41H38N6O2. The third-order valence-corrected chi connectivity index (χ3v) is 9.00. The second-order valence-electron chi connectivity index (χ2n) is 12.6. The first-order chi connectivity index (χ1) is 23.8. The second-order valence-corrected chi connectivity index (χ2v) is 12.6. The molecule has 0 amide bonds. The maximum atomic E-state index is 10.8. The average molecular weight is 647 g/mol. The van der Waals surface area contributed by atoms with Crippen LogP contribution in [0.2, 0.25) is 0 Å². The molecule has 5 aromatic carbocycles. The quantitative estimate of drug-likeness (QED) is 0.153. The Hall–Kier alpha value is -5.70. The van der Waals surface area contributed by atoms with Gasteiger partial charge >= 0.3 is 0 Å². The fourth-order valence-electron chi connectivity index (χ4n) is 6.91. The van der Waals surface area contributed by atoms with E-state index in [1.54, 1.807) is 21.0 Å². The Morgan fingerprint density at radius 1 is 0.673 bits per heavy atom. The summed E-state index contributed by atoms with van der Waals surface area (Å²) in [6.45, 7) is 5.79. The van der Waals surface area contributed by atoms with Gasteiger partial charge in [0, 0.05) is 24.1 Å². The van der Waals surface area contributed by atoms with Crippen LogP contribution in [0.3, 0.4) is 0 Å². The van der Waals surface area contributed by atoms with Crippen LogP contribution in [0, 0.1) is 6.92 Å². The zero-order valence-corrected chi connectivity index (χ0v) is 28.0. The topological polar surface area (TPSA) is 90.9 Å². The van der Waals surface area contributed by atoms with Gasteiger partial charge in [-0.3, -0.25) is 4.57 Å². The van der Waals surface area contributed by atoms with Gasteiger partial charge in [-0.25, -0.2) is 9.67 Å². The molecule has 8 nitrogen and oxygen atoms in total. The summed E-state index contributed by atoms with van der Waals surface area (Å²) < 4.78 is 9.47. The Morgan fingerprint density at radius 2 is 1.18 bits per heavy atom. The number of hydrogen-bond acceptors (Lipinski definition) is 6. The van der Waals surface area contributed by atoms with Crippen molar-refractivity contribution < 1.29 is 9.84 Å². The average Bonchev–Trinajstić information content (AvgIpc) is 3.75. The van der Waals surface area contributed by atoms with E-state index in [4.69, 9.17) is 20.0 Å². The molecule has 0 unspecified atom stereocenters. The van der Waals surface area contributed by atoms with E-state index in [-0.39, 0.29) is 0 Å². The summed E-state index contributed by atoms with van der Waals surface area (Å²) in [7, 11) is 1.65. The Balaban J connectivity index is 1.40. The fraction of sp³-hybridized carbons (Fsp3) is 0.171. The number of benzene rings is 5. The van der Waals surface area contributed by atoms with Crippen molar-refractivity contribution in [3.63, 3.8) is 0 Å². The molecule has 0 fully saturated rings. The zero-order chi connectivity index (χ0) is 34.0. The molecule has 0 aliphatic rings. The minimum Gasteiger partial charge on any atom is -0.384 e. The summed E-state index contributed by atoms with van der Waals surface area (Å²) >= 11 is 0. The van der Waals surface area contributed by atoms with Gasteiger partial charge in [0.25, 0.3) is 0 Å². The van der Waals surface area contributed by atoms with E-state index in [2.05, 4.69) is 114 Å². The van der Waals surface area contributed by atoms with Gasteiger partial charge in [0.15, 0.2) is 5.82 Å². The molecule has 0 saturated carbocycles. The van der Waals surface area contributed by atoms with Crippen molar-refractivity contribution in [2.75, 3.05) is 7.11 Å². The van der Waals surface area contributed by atoms with Gasteiger partial charge < -0.3 is 9.84 Å². The summed E-state index contributed by atoms with van der Waals surface area (Å²) in [6, 6.07) is 47.8. The molecule has 0 bridgehead atoms. The molecule has 49 heavy (non-hydrogen) atoms. The third-order valence-electron chi connectivity index (χ3n) is 9.00. The molecule has 0 aliphatic heterocycles. The Kier molecular flexibility index (Phi) is 8.50. The number of methoxy groups -OCH3 is 1. The molecule has 0 atom stereocenters. The van der Waals surface area contributed by atoms with Crippen molar-refractivity contribution in [3.8, 4) is 28.2 Å². The van der Waals surface area contributed by atoms with E-state index in [1.807, 2.05) is 46.5 Å². The molecule has 0 aliphatic carbocycles. The van der Waals surface area contributed by atoms with Crippen molar-refractivity contribution in [3.05, 3.63) is 173 Å². The van der Waals surface area contributed by atoms with E-state index < -0.39 is 11.1 Å². The monoisotopic (exact) mass is 646 g/mol. The van der Waals surface area contributed by atoms with E-state index in [1.165, 1.54) is 0 Å². The van der Waals surface area contributed by atoms with E-state index >= 15 is 0 Å². The summed E-state index contributed by atoms with van der Waals surface area (Å²) in [5.41, 5.74) is 6.47. The minimum absolute atomic E-state index is 0.316. The number of aromatic nitrogens is 6. The number of hydrogen-bond donors (Lipinski definition) is 1. The van der Waals surface area contributed by atoms with Crippen molar-refractivity contribution in [2.24, 2.45) is 0 Å². The highest BCUT2D eigenvalue weighted by atomic mass is 16.5. The number of rotatable bonds is 10. The van der Waals surface area contributed by atoms with Crippen molar-refractivity contribution in [1.29, 1.82) is 0 Å². The zero-order valence-electron chi connectivity index (χ0n) is 28.0. The van der Waals surface area contributed by atoms with Crippen LogP contribution in [0.4, 0.5) is 0 Å². The van der Waals surface area contributed by atoms with Gasteiger partial charge in [-0.1, -0.05) is 127 Å². The first-order valence-electron chi connectivity index (χ1n) is 16.3. The molecule has 0 radical (unpaired) electrons. The molecule has 0 spiro atoms. The summed E-state index contributed by atoms with van der Waals surface area (Å²) in [5, 5.41) is 24.6. The second kappa shape index (κ2) is 13.1. The van der Waals surface area contributed by atoms with Crippen LogP contribution < -0.4 is 0 Å².